The second kappa shape index (κ2) is 4.30. The maximum Gasteiger partial charge on any atom is 0.523 e. The molecule has 0 bridgehead atoms. The van der Waals surface area contributed by atoms with Gasteiger partial charge >= 0.3 is 15.6 Å². The predicted molar refractivity (Wildman–Crippen MR) is 52.4 cm³/mol. The van der Waals surface area contributed by atoms with Gasteiger partial charge in [0.15, 0.2) is 0 Å². The summed E-state index contributed by atoms with van der Waals surface area (Å²) in [5.74, 6) is 0. The molecule has 0 aromatic carbocycles. The van der Waals surface area contributed by atoms with Crippen LogP contribution in [0.2, 0.25) is 0 Å². The summed E-state index contributed by atoms with van der Waals surface area (Å²) in [5.41, 5.74) is -4.08. The predicted octanol–water partition coefficient (Wildman–Crippen LogP) is 1.40. The topological polar surface area (TPSA) is 61.2 Å². The summed E-state index contributed by atoms with van der Waals surface area (Å²) in [6.45, 7) is 2.50. The highest BCUT2D eigenvalue weighted by Gasteiger charge is 2.47. The Balaban J connectivity index is 2.89. The molecule has 0 unspecified atom stereocenters. The molecule has 0 saturated heterocycles. The molecule has 0 saturated carbocycles. The first-order chi connectivity index (χ1) is 7.56. The fourth-order valence-corrected chi connectivity index (χ4v) is 1.64. The highest BCUT2D eigenvalue weighted by Crippen LogP contribution is 2.26. The molecule has 5 nitrogen and oxygen atoms in total. The van der Waals surface area contributed by atoms with Crippen LogP contribution in [0, 0.1) is 13.8 Å². The molecular formula is C8H11F3N2O3S. The van der Waals surface area contributed by atoms with Gasteiger partial charge in [0, 0.05) is 18.3 Å². The standard InChI is InChI=1S/C8H11F3N2O3S/c1-5-7(6(2)13(3)12-5)4-16-17(14,15)8(9,10)11/h4H2,1-3H3. The third kappa shape index (κ3) is 2.78. The number of aromatic nitrogens is 2. The van der Waals surface area contributed by atoms with Crippen LogP contribution in [0.3, 0.4) is 0 Å². The summed E-state index contributed by atoms with van der Waals surface area (Å²) >= 11 is 0. The van der Waals surface area contributed by atoms with Gasteiger partial charge in [0.1, 0.15) is 0 Å². The van der Waals surface area contributed by atoms with Gasteiger partial charge in [-0.05, 0) is 13.8 Å². The molecule has 0 spiro atoms. The van der Waals surface area contributed by atoms with Crippen molar-refractivity contribution in [3.63, 3.8) is 0 Å². The Bertz CT molecular complexity index is 519. The van der Waals surface area contributed by atoms with Crippen LogP contribution in [0.4, 0.5) is 13.2 Å². The van der Waals surface area contributed by atoms with Gasteiger partial charge in [-0.25, -0.2) is 0 Å². The molecule has 98 valence electrons. The molecule has 1 rings (SSSR count). The van der Waals surface area contributed by atoms with E-state index in [0.717, 1.165) is 0 Å². The number of hydrogen-bond acceptors (Lipinski definition) is 4. The average molecular weight is 272 g/mol. The normalized spacial score (nSPS) is 13.1. The molecule has 17 heavy (non-hydrogen) atoms. The second-order valence-electron chi connectivity index (χ2n) is 3.44. The minimum Gasteiger partial charge on any atom is -0.272 e. The van der Waals surface area contributed by atoms with Gasteiger partial charge in [-0.3, -0.25) is 8.86 Å². The quantitative estimate of drug-likeness (QED) is 0.616. The summed E-state index contributed by atoms with van der Waals surface area (Å²) in [4.78, 5) is 0. The Hall–Kier alpha value is -1.09. The minimum atomic E-state index is -5.56. The second-order valence-corrected chi connectivity index (χ2v) is 5.04. The first kappa shape index (κ1) is 14.0. The molecule has 0 aliphatic rings. The SMILES string of the molecule is Cc1nn(C)c(C)c1COS(=O)(=O)C(F)(F)F. The highest BCUT2D eigenvalue weighted by atomic mass is 32.2. The summed E-state index contributed by atoms with van der Waals surface area (Å²) in [6, 6.07) is 0. The molecule has 0 aliphatic carbocycles. The number of alkyl halides is 3. The van der Waals surface area contributed by atoms with Crippen molar-refractivity contribution in [1.29, 1.82) is 0 Å². The lowest BCUT2D eigenvalue weighted by Gasteiger charge is -2.08. The molecule has 1 aromatic heterocycles. The fraction of sp³-hybridized carbons (Fsp3) is 0.625. The largest absolute Gasteiger partial charge is 0.523 e. The number of aryl methyl sites for hydroxylation is 2. The van der Waals surface area contributed by atoms with E-state index in [1.165, 1.54) is 4.68 Å². The molecule has 1 heterocycles. The summed E-state index contributed by atoms with van der Waals surface area (Å²) in [6.07, 6.45) is 0. The lowest BCUT2D eigenvalue weighted by atomic mass is 10.2. The molecular weight excluding hydrogens is 261 g/mol. The molecule has 0 atom stereocenters. The van der Waals surface area contributed by atoms with Crippen molar-refractivity contribution < 1.29 is 25.8 Å². The van der Waals surface area contributed by atoms with Gasteiger partial charge in [-0.2, -0.15) is 26.7 Å². The zero-order valence-corrected chi connectivity index (χ0v) is 10.2. The number of rotatable bonds is 3. The van der Waals surface area contributed by atoms with E-state index in [4.69, 9.17) is 0 Å². The van der Waals surface area contributed by atoms with E-state index in [9.17, 15) is 21.6 Å². The van der Waals surface area contributed by atoms with E-state index in [0.29, 0.717) is 17.0 Å². The summed E-state index contributed by atoms with van der Waals surface area (Å²) in [5, 5.41) is 3.93. The molecule has 0 aliphatic heterocycles. The first-order valence-corrected chi connectivity index (χ1v) is 5.92. The molecule has 0 N–H and O–H groups in total. The Labute approximate surface area is 96.3 Å². The first-order valence-electron chi connectivity index (χ1n) is 4.51. The minimum absolute atomic E-state index is 0.334. The Morgan fingerprint density at radius 2 is 1.88 bits per heavy atom. The van der Waals surface area contributed by atoms with Gasteiger partial charge in [-0.15, -0.1) is 0 Å². The van der Waals surface area contributed by atoms with Crippen LogP contribution in [0.25, 0.3) is 0 Å². The number of nitrogens with zero attached hydrogens (tertiary/aromatic N) is 2. The number of hydrogen-bond donors (Lipinski definition) is 0. The third-order valence-electron chi connectivity index (χ3n) is 2.30. The van der Waals surface area contributed by atoms with Crippen molar-refractivity contribution in [2.45, 2.75) is 26.0 Å². The highest BCUT2D eigenvalue weighted by molar-refractivity contribution is 7.87. The summed E-state index contributed by atoms with van der Waals surface area (Å²) < 4.78 is 62.8. The van der Waals surface area contributed by atoms with Crippen molar-refractivity contribution in [1.82, 2.24) is 9.78 Å². The molecule has 0 radical (unpaired) electrons. The zero-order valence-electron chi connectivity index (χ0n) is 9.37. The van der Waals surface area contributed by atoms with Gasteiger partial charge in [0.2, 0.25) is 0 Å². The van der Waals surface area contributed by atoms with E-state index in [2.05, 4.69) is 9.28 Å². The van der Waals surface area contributed by atoms with Gasteiger partial charge in [0.25, 0.3) is 0 Å². The van der Waals surface area contributed by atoms with Crippen LogP contribution in [-0.2, 0) is 28.0 Å². The van der Waals surface area contributed by atoms with E-state index < -0.39 is 22.2 Å². The van der Waals surface area contributed by atoms with E-state index >= 15 is 0 Å². The van der Waals surface area contributed by atoms with Crippen LogP contribution in [0.15, 0.2) is 0 Å². The molecule has 0 amide bonds. The smallest absolute Gasteiger partial charge is 0.272 e. The van der Waals surface area contributed by atoms with Gasteiger partial charge in [-0.1, -0.05) is 0 Å². The third-order valence-corrected chi connectivity index (χ3v) is 3.30. The maximum absolute atomic E-state index is 12.0. The van der Waals surface area contributed by atoms with Crippen molar-refractivity contribution in [3.05, 3.63) is 17.0 Å². The monoisotopic (exact) mass is 272 g/mol. The molecule has 0 fully saturated rings. The lowest BCUT2D eigenvalue weighted by molar-refractivity contribution is -0.0548. The Morgan fingerprint density at radius 1 is 1.35 bits per heavy atom. The van der Waals surface area contributed by atoms with Crippen LogP contribution < -0.4 is 0 Å². The molecule has 1 aromatic rings. The van der Waals surface area contributed by atoms with Gasteiger partial charge < -0.3 is 0 Å². The summed E-state index contributed by atoms with van der Waals surface area (Å²) in [7, 11) is -3.96. The average Bonchev–Trinajstić information content (AvgIpc) is 2.37. The van der Waals surface area contributed by atoms with E-state index in [1.54, 1.807) is 20.9 Å². The lowest BCUT2D eigenvalue weighted by Crippen LogP contribution is -2.25. The maximum atomic E-state index is 12.0. The molecule has 9 heteroatoms. The van der Waals surface area contributed by atoms with Crippen LogP contribution in [-0.4, -0.2) is 23.7 Å². The Kier molecular flexibility index (Phi) is 3.53. The van der Waals surface area contributed by atoms with Crippen molar-refractivity contribution in [2.75, 3.05) is 0 Å². The zero-order chi connectivity index (χ0) is 13.4. The van der Waals surface area contributed by atoms with E-state index in [-0.39, 0.29) is 0 Å². The van der Waals surface area contributed by atoms with Crippen LogP contribution in [0.5, 0.6) is 0 Å². The number of halogens is 3. The van der Waals surface area contributed by atoms with Crippen molar-refractivity contribution in [3.8, 4) is 0 Å². The van der Waals surface area contributed by atoms with Crippen molar-refractivity contribution in [2.24, 2.45) is 7.05 Å². The fourth-order valence-electron chi connectivity index (χ4n) is 1.23. The van der Waals surface area contributed by atoms with Crippen molar-refractivity contribution >= 4 is 10.1 Å². The van der Waals surface area contributed by atoms with Crippen LogP contribution >= 0.6 is 0 Å². The van der Waals surface area contributed by atoms with Crippen LogP contribution in [0.1, 0.15) is 17.0 Å². The van der Waals surface area contributed by atoms with E-state index in [1.807, 2.05) is 0 Å². The van der Waals surface area contributed by atoms with Gasteiger partial charge in [0.05, 0.1) is 12.3 Å². The Morgan fingerprint density at radius 3 is 2.24 bits per heavy atom.